The molecule has 0 amide bonds. The van der Waals surface area contributed by atoms with E-state index in [1.165, 1.54) is 6.33 Å². The van der Waals surface area contributed by atoms with Gasteiger partial charge in [-0.25, -0.2) is 9.97 Å². The summed E-state index contributed by atoms with van der Waals surface area (Å²) in [5, 5.41) is 13.6. The quantitative estimate of drug-likeness (QED) is 0.440. The number of aryl methyl sites for hydroxylation is 1. The number of rotatable bonds is 5. The van der Waals surface area contributed by atoms with Crippen molar-refractivity contribution in [3.05, 3.63) is 28.7 Å². The van der Waals surface area contributed by atoms with Crippen molar-refractivity contribution >= 4 is 41.3 Å². The maximum Gasteiger partial charge on any atom is 0.191 e. The van der Waals surface area contributed by atoms with E-state index in [1.54, 1.807) is 29.4 Å². The van der Waals surface area contributed by atoms with Crippen molar-refractivity contribution in [2.75, 3.05) is 13.6 Å². The number of nitrogens with one attached hydrogen (secondary N) is 2. The molecular weight excluding hydrogens is 389 g/mol. The Morgan fingerprint density at radius 2 is 2.30 bits per heavy atom. The molecule has 0 aliphatic carbocycles. The topological polar surface area (TPSA) is 80.0 Å². The fourth-order valence-electron chi connectivity index (χ4n) is 1.50. The van der Waals surface area contributed by atoms with Crippen LogP contribution in [0.5, 0.6) is 0 Å². The Morgan fingerprint density at radius 1 is 1.45 bits per heavy atom. The van der Waals surface area contributed by atoms with Crippen LogP contribution in [0.2, 0.25) is 0 Å². The number of thiazole rings is 1. The predicted molar refractivity (Wildman–Crippen MR) is 90.5 cm³/mol. The first-order valence-corrected chi connectivity index (χ1v) is 6.84. The zero-order valence-corrected chi connectivity index (χ0v) is 14.6. The van der Waals surface area contributed by atoms with Crippen molar-refractivity contribution in [3.63, 3.8) is 0 Å². The normalized spacial score (nSPS) is 11.0. The number of hydrogen-bond acceptors (Lipinski definition) is 5. The average Bonchev–Trinajstić information content (AvgIpc) is 3.05. The lowest BCUT2D eigenvalue weighted by Gasteiger charge is -2.10. The standard InChI is InChI=1S/C11H17N7S.HI/c1-9-6-19-10(17-9)5-15-11(12-2)14-3-4-18-8-13-7-16-18;/h6-8H,3-5H2,1-2H3,(H2,12,14,15);1H. The zero-order valence-electron chi connectivity index (χ0n) is 11.4. The monoisotopic (exact) mass is 407 g/mol. The molecule has 0 saturated heterocycles. The summed E-state index contributed by atoms with van der Waals surface area (Å²) in [5.41, 5.74) is 1.05. The third kappa shape index (κ3) is 5.41. The maximum absolute atomic E-state index is 4.39. The summed E-state index contributed by atoms with van der Waals surface area (Å²) in [5.74, 6) is 0.757. The van der Waals surface area contributed by atoms with Crippen LogP contribution in [0.4, 0.5) is 0 Å². The molecule has 0 bridgehead atoms. The molecule has 0 fully saturated rings. The highest BCUT2D eigenvalue weighted by Gasteiger charge is 2.01. The first kappa shape index (κ1) is 16.8. The van der Waals surface area contributed by atoms with Crippen LogP contribution in [-0.2, 0) is 13.1 Å². The van der Waals surface area contributed by atoms with Crippen LogP contribution >= 0.6 is 35.3 Å². The van der Waals surface area contributed by atoms with Gasteiger partial charge in [-0.15, -0.1) is 35.3 Å². The molecule has 0 atom stereocenters. The van der Waals surface area contributed by atoms with Crippen molar-refractivity contribution in [1.82, 2.24) is 30.4 Å². The van der Waals surface area contributed by atoms with E-state index in [-0.39, 0.29) is 24.0 Å². The molecule has 0 aromatic carbocycles. The second kappa shape index (κ2) is 8.84. The van der Waals surface area contributed by atoms with E-state index in [1.807, 2.05) is 12.3 Å². The Labute approximate surface area is 139 Å². The second-order valence-electron chi connectivity index (χ2n) is 3.89. The lowest BCUT2D eigenvalue weighted by Crippen LogP contribution is -2.38. The lowest BCUT2D eigenvalue weighted by atomic mass is 10.5. The van der Waals surface area contributed by atoms with Crippen molar-refractivity contribution < 1.29 is 0 Å². The van der Waals surface area contributed by atoms with Crippen molar-refractivity contribution in [2.24, 2.45) is 4.99 Å². The van der Waals surface area contributed by atoms with E-state index in [4.69, 9.17) is 0 Å². The predicted octanol–water partition coefficient (Wildman–Crippen LogP) is 1.03. The van der Waals surface area contributed by atoms with Crippen LogP contribution in [0.1, 0.15) is 10.7 Å². The summed E-state index contributed by atoms with van der Waals surface area (Å²) in [6, 6.07) is 0. The molecular formula is C11H18IN7S. The SMILES string of the molecule is CN=C(NCCn1cncn1)NCc1nc(C)cs1.I. The van der Waals surface area contributed by atoms with Gasteiger partial charge in [0.25, 0.3) is 0 Å². The fourth-order valence-corrected chi connectivity index (χ4v) is 2.21. The first-order valence-electron chi connectivity index (χ1n) is 5.96. The van der Waals surface area contributed by atoms with Gasteiger partial charge in [-0.2, -0.15) is 5.10 Å². The van der Waals surface area contributed by atoms with E-state index in [0.717, 1.165) is 29.8 Å². The Bertz CT molecular complexity index is 523. The van der Waals surface area contributed by atoms with Gasteiger partial charge in [0.05, 0.1) is 13.1 Å². The van der Waals surface area contributed by atoms with E-state index < -0.39 is 0 Å². The molecule has 0 aliphatic heterocycles. The summed E-state index contributed by atoms with van der Waals surface area (Å²) in [4.78, 5) is 12.4. The molecule has 2 aromatic heterocycles. The number of aliphatic imine (C=N–C) groups is 1. The minimum atomic E-state index is 0. The summed E-state index contributed by atoms with van der Waals surface area (Å²) in [7, 11) is 1.75. The highest BCUT2D eigenvalue weighted by atomic mass is 127. The van der Waals surface area contributed by atoms with E-state index in [0.29, 0.717) is 6.54 Å². The van der Waals surface area contributed by atoms with Crippen LogP contribution in [0, 0.1) is 6.92 Å². The van der Waals surface area contributed by atoms with Gasteiger partial charge >= 0.3 is 0 Å². The second-order valence-corrected chi connectivity index (χ2v) is 4.84. The molecule has 0 spiro atoms. The molecule has 0 aliphatic rings. The Hall–Kier alpha value is -1.23. The van der Waals surface area contributed by atoms with Crippen LogP contribution < -0.4 is 10.6 Å². The highest BCUT2D eigenvalue weighted by Crippen LogP contribution is 2.07. The van der Waals surface area contributed by atoms with Crippen molar-refractivity contribution in [2.45, 2.75) is 20.0 Å². The Balaban J connectivity index is 0.00000200. The highest BCUT2D eigenvalue weighted by molar-refractivity contribution is 14.0. The number of hydrogen-bond donors (Lipinski definition) is 2. The largest absolute Gasteiger partial charge is 0.355 e. The number of nitrogens with zero attached hydrogens (tertiary/aromatic N) is 5. The molecule has 0 unspecified atom stereocenters. The van der Waals surface area contributed by atoms with Crippen LogP contribution in [0.25, 0.3) is 0 Å². The molecule has 2 N–H and O–H groups in total. The molecule has 9 heteroatoms. The number of aromatic nitrogens is 4. The average molecular weight is 407 g/mol. The summed E-state index contributed by atoms with van der Waals surface area (Å²) in [6.07, 6.45) is 3.22. The molecule has 20 heavy (non-hydrogen) atoms. The van der Waals surface area contributed by atoms with Crippen LogP contribution in [-0.4, -0.2) is 39.3 Å². The number of guanidine groups is 1. The van der Waals surface area contributed by atoms with Gasteiger partial charge in [0.15, 0.2) is 5.96 Å². The molecule has 0 radical (unpaired) electrons. The molecule has 2 aromatic rings. The zero-order chi connectivity index (χ0) is 13.5. The Kier molecular flexibility index (Phi) is 7.44. The van der Waals surface area contributed by atoms with Crippen molar-refractivity contribution in [3.8, 4) is 0 Å². The van der Waals surface area contributed by atoms with Gasteiger partial charge in [-0.3, -0.25) is 9.67 Å². The minimum absolute atomic E-state index is 0. The molecule has 2 rings (SSSR count). The molecule has 0 saturated carbocycles. The van der Waals surface area contributed by atoms with E-state index >= 15 is 0 Å². The van der Waals surface area contributed by atoms with Gasteiger partial charge < -0.3 is 10.6 Å². The fraction of sp³-hybridized carbons (Fsp3) is 0.455. The third-order valence-electron chi connectivity index (χ3n) is 2.40. The summed E-state index contributed by atoms with van der Waals surface area (Å²) < 4.78 is 1.77. The van der Waals surface area contributed by atoms with Crippen LogP contribution in [0.15, 0.2) is 23.0 Å². The number of halogens is 1. The van der Waals surface area contributed by atoms with Gasteiger partial charge in [0.2, 0.25) is 0 Å². The third-order valence-corrected chi connectivity index (χ3v) is 3.36. The smallest absolute Gasteiger partial charge is 0.191 e. The van der Waals surface area contributed by atoms with Gasteiger partial charge in [-0.1, -0.05) is 0 Å². The summed E-state index contributed by atoms with van der Waals surface area (Å²) in [6.45, 7) is 4.16. The van der Waals surface area contributed by atoms with E-state index in [2.05, 4.69) is 30.7 Å². The molecule has 110 valence electrons. The van der Waals surface area contributed by atoms with Gasteiger partial charge in [-0.05, 0) is 6.92 Å². The van der Waals surface area contributed by atoms with E-state index in [9.17, 15) is 0 Å². The first-order chi connectivity index (χ1) is 9.28. The summed E-state index contributed by atoms with van der Waals surface area (Å²) >= 11 is 1.65. The maximum atomic E-state index is 4.39. The molecule has 7 nitrogen and oxygen atoms in total. The van der Waals surface area contributed by atoms with Crippen molar-refractivity contribution in [1.29, 1.82) is 0 Å². The molecule has 2 heterocycles. The lowest BCUT2D eigenvalue weighted by molar-refractivity contribution is 0.596. The van der Waals surface area contributed by atoms with Gasteiger partial charge in [0.1, 0.15) is 17.7 Å². The van der Waals surface area contributed by atoms with Gasteiger partial charge in [0, 0.05) is 24.7 Å². The van der Waals surface area contributed by atoms with Crippen LogP contribution in [0.3, 0.4) is 0 Å². The minimum Gasteiger partial charge on any atom is -0.355 e. The Morgan fingerprint density at radius 3 is 2.90 bits per heavy atom.